The lowest BCUT2D eigenvalue weighted by Gasteiger charge is -2.32. The van der Waals surface area contributed by atoms with Crippen molar-refractivity contribution in [2.24, 2.45) is 11.3 Å². The van der Waals surface area contributed by atoms with Crippen molar-refractivity contribution in [1.82, 2.24) is 0 Å². The topological polar surface area (TPSA) is 12.0 Å². The molecular formula is C14H19N. The van der Waals surface area contributed by atoms with Gasteiger partial charge in [0.2, 0.25) is 0 Å². The Labute approximate surface area is 91.9 Å². The summed E-state index contributed by atoms with van der Waals surface area (Å²) in [5.74, 6) is 1.50. The van der Waals surface area contributed by atoms with E-state index in [0.29, 0.717) is 11.0 Å². The normalized spacial score (nSPS) is 36.8. The summed E-state index contributed by atoms with van der Waals surface area (Å²) in [5.41, 5.74) is 3.53. The van der Waals surface area contributed by atoms with E-state index in [9.17, 15) is 0 Å². The lowest BCUT2D eigenvalue weighted by Crippen LogP contribution is -2.37. The number of benzene rings is 1. The van der Waals surface area contributed by atoms with E-state index in [-0.39, 0.29) is 0 Å². The van der Waals surface area contributed by atoms with Crippen molar-refractivity contribution in [3.8, 4) is 0 Å². The quantitative estimate of drug-likeness (QED) is 0.676. The van der Waals surface area contributed by atoms with E-state index in [1.807, 2.05) is 0 Å². The molecule has 15 heavy (non-hydrogen) atoms. The molecule has 1 N–H and O–H groups in total. The molecule has 1 nitrogen and oxygen atoms in total. The maximum Gasteiger partial charge on any atom is 0.0526 e. The molecule has 1 heteroatoms. The van der Waals surface area contributed by atoms with Crippen LogP contribution in [0, 0.1) is 11.3 Å². The first-order valence-electron chi connectivity index (χ1n) is 5.85. The van der Waals surface area contributed by atoms with E-state index in [2.05, 4.69) is 57.3 Å². The number of hydrogen-bond acceptors (Lipinski definition) is 1. The van der Waals surface area contributed by atoms with E-state index in [1.54, 1.807) is 0 Å². The van der Waals surface area contributed by atoms with Gasteiger partial charge < -0.3 is 5.32 Å². The number of hydrogen-bond donors (Lipinski definition) is 1. The molecule has 0 bridgehead atoms. The molecule has 3 rings (SSSR count). The first kappa shape index (κ1) is 9.26. The number of anilines is 1. The largest absolute Gasteiger partial charge is 0.378 e. The van der Waals surface area contributed by atoms with Crippen LogP contribution in [0.25, 0.3) is 0 Å². The molecule has 0 amide bonds. The molecule has 1 aromatic carbocycles. The van der Waals surface area contributed by atoms with E-state index in [1.165, 1.54) is 11.3 Å². The fraction of sp³-hybridized carbons (Fsp3) is 0.571. The Kier molecular flexibility index (Phi) is 1.48. The van der Waals surface area contributed by atoms with Crippen LogP contribution in [0.4, 0.5) is 5.69 Å². The highest BCUT2D eigenvalue weighted by atomic mass is 15.1. The zero-order valence-electron chi connectivity index (χ0n) is 9.96. The van der Waals surface area contributed by atoms with Crippen LogP contribution in [0.2, 0.25) is 0 Å². The summed E-state index contributed by atoms with van der Waals surface area (Å²) in [6.45, 7) is 9.42. The highest BCUT2D eigenvalue weighted by molar-refractivity contribution is 5.68. The molecule has 0 spiro atoms. The van der Waals surface area contributed by atoms with Crippen LogP contribution in [0.1, 0.15) is 39.2 Å². The van der Waals surface area contributed by atoms with Crippen molar-refractivity contribution in [2.75, 3.05) is 5.32 Å². The van der Waals surface area contributed by atoms with Gasteiger partial charge in [0, 0.05) is 11.6 Å². The maximum absolute atomic E-state index is 3.77. The van der Waals surface area contributed by atoms with Gasteiger partial charge in [-0.25, -0.2) is 0 Å². The molecular weight excluding hydrogens is 182 g/mol. The second-order valence-corrected chi connectivity index (χ2v) is 6.10. The van der Waals surface area contributed by atoms with Crippen molar-refractivity contribution in [2.45, 2.75) is 39.2 Å². The molecule has 3 atom stereocenters. The lowest BCUT2D eigenvalue weighted by molar-refractivity contribution is 0.306. The molecule has 0 aromatic heterocycles. The fourth-order valence-corrected chi connectivity index (χ4v) is 3.71. The van der Waals surface area contributed by atoms with Gasteiger partial charge in [-0.2, -0.15) is 0 Å². The van der Waals surface area contributed by atoms with Gasteiger partial charge in [-0.1, -0.05) is 45.9 Å². The smallest absolute Gasteiger partial charge is 0.0526 e. The van der Waals surface area contributed by atoms with Crippen LogP contribution in [0.3, 0.4) is 0 Å². The predicted molar refractivity (Wildman–Crippen MR) is 64.2 cm³/mol. The van der Waals surface area contributed by atoms with Gasteiger partial charge in [0.25, 0.3) is 0 Å². The van der Waals surface area contributed by atoms with Gasteiger partial charge in [-0.3, -0.25) is 0 Å². The van der Waals surface area contributed by atoms with Crippen LogP contribution in [0.5, 0.6) is 0 Å². The third-order valence-corrected chi connectivity index (χ3v) is 4.48. The molecule has 1 aliphatic carbocycles. The fourth-order valence-electron chi connectivity index (χ4n) is 3.71. The average Bonchev–Trinajstić information content (AvgIpc) is 2.62. The Morgan fingerprint density at radius 1 is 1.20 bits per heavy atom. The molecule has 80 valence electrons. The maximum atomic E-state index is 3.77. The Hall–Kier alpha value is -0.980. The van der Waals surface area contributed by atoms with Crippen LogP contribution in [-0.2, 0) is 0 Å². The minimum absolute atomic E-state index is 0.316. The number of fused-ring (bicyclic) bond motifs is 3. The minimum atomic E-state index is 0.316. The van der Waals surface area contributed by atoms with Crippen LogP contribution in [0.15, 0.2) is 24.3 Å². The molecule has 1 aliphatic heterocycles. The number of nitrogens with one attached hydrogen (secondary N) is 1. The SMILES string of the molecule is CC1C2c3ccccc3NC12C(C)(C)C. The van der Waals surface area contributed by atoms with Crippen molar-refractivity contribution >= 4 is 5.69 Å². The lowest BCUT2D eigenvalue weighted by atomic mass is 9.82. The summed E-state index contributed by atoms with van der Waals surface area (Å²) in [7, 11) is 0. The second-order valence-electron chi connectivity index (χ2n) is 6.10. The molecule has 3 unspecified atom stereocenters. The molecule has 0 radical (unpaired) electrons. The van der Waals surface area contributed by atoms with Crippen molar-refractivity contribution in [3.63, 3.8) is 0 Å². The summed E-state index contributed by atoms with van der Waals surface area (Å²) in [4.78, 5) is 0. The summed E-state index contributed by atoms with van der Waals surface area (Å²) >= 11 is 0. The van der Waals surface area contributed by atoms with Gasteiger partial charge >= 0.3 is 0 Å². The van der Waals surface area contributed by atoms with Gasteiger partial charge in [0.15, 0.2) is 0 Å². The van der Waals surface area contributed by atoms with E-state index >= 15 is 0 Å². The van der Waals surface area contributed by atoms with Crippen LogP contribution in [-0.4, -0.2) is 5.54 Å². The van der Waals surface area contributed by atoms with Gasteiger partial charge in [0.05, 0.1) is 5.54 Å². The Balaban J connectivity index is 2.09. The van der Waals surface area contributed by atoms with Crippen molar-refractivity contribution < 1.29 is 0 Å². The summed E-state index contributed by atoms with van der Waals surface area (Å²) in [6, 6.07) is 8.77. The Bertz CT molecular complexity index is 416. The minimum Gasteiger partial charge on any atom is -0.378 e. The monoisotopic (exact) mass is 201 g/mol. The zero-order valence-corrected chi connectivity index (χ0v) is 9.96. The molecule has 0 saturated heterocycles. The molecule has 1 heterocycles. The van der Waals surface area contributed by atoms with Gasteiger partial charge in [0.1, 0.15) is 0 Å². The first-order valence-corrected chi connectivity index (χ1v) is 5.85. The summed E-state index contributed by atoms with van der Waals surface area (Å²) < 4.78 is 0. The second kappa shape index (κ2) is 2.40. The standard InChI is InChI=1S/C14H19N/c1-9-12-10-7-5-6-8-11(10)15-14(9,12)13(2,3)4/h5-9,12,15H,1-4H3. The third kappa shape index (κ3) is 0.895. The van der Waals surface area contributed by atoms with E-state index < -0.39 is 0 Å². The summed E-state index contributed by atoms with van der Waals surface area (Å²) in [5, 5.41) is 3.77. The van der Waals surface area contributed by atoms with Crippen LogP contribution >= 0.6 is 0 Å². The number of rotatable bonds is 0. The average molecular weight is 201 g/mol. The Morgan fingerprint density at radius 2 is 1.87 bits per heavy atom. The predicted octanol–water partition coefficient (Wildman–Crippen LogP) is 3.63. The summed E-state index contributed by atoms with van der Waals surface area (Å²) in [6.07, 6.45) is 0. The molecule has 2 aliphatic rings. The van der Waals surface area contributed by atoms with E-state index in [0.717, 1.165) is 11.8 Å². The van der Waals surface area contributed by atoms with Gasteiger partial charge in [-0.15, -0.1) is 0 Å². The first-order chi connectivity index (χ1) is 6.98. The van der Waals surface area contributed by atoms with Crippen LogP contribution < -0.4 is 5.32 Å². The number of para-hydroxylation sites is 1. The zero-order chi connectivity index (χ0) is 10.8. The molecule has 1 saturated carbocycles. The van der Waals surface area contributed by atoms with Gasteiger partial charge in [-0.05, 0) is 23.0 Å². The third-order valence-electron chi connectivity index (χ3n) is 4.48. The molecule has 1 aromatic rings. The van der Waals surface area contributed by atoms with E-state index in [4.69, 9.17) is 0 Å². The van der Waals surface area contributed by atoms with Crippen molar-refractivity contribution in [3.05, 3.63) is 29.8 Å². The highest BCUT2D eigenvalue weighted by Crippen LogP contribution is 2.71. The highest BCUT2D eigenvalue weighted by Gasteiger charge is 2.71. The molecule has 1 fully saturated rings. The Morgan fingerprint density at radius 3 is 2.53 bits per heavy atom. The van der Waals surface area contributed by atoms with Crippen molar-refractivity contribution in [1.29, 1.82) is 0 Å².